The summed E-state index contributed by atoms with van der Waals surface area (Å²) in [5.74, 6) is 1.32. The number of rotatable bonds is 13. The van der Waals surface area contributed by atoms with E-state index in [2.05, 4.69) is 20.8 Å². The summed E-state index contributed by atoms with van der Waals surface area (Å²) in [5.41, 5.74) is 0.109. The van der Waals surface area contributed by atoms with Crippen LogP contribution in [-0.2, 0) is 37.9 Å². The molecule has 0 aromatic carbocycles. The summed E-state index contributed by atoms with van der Waals surface area (Å²) in [4.78, 5) is 0. The Hall–Kier alpha value is -0.760. The maximum atomic E-state index is 11.2. The first-order valence-electron chi connectivity index (χ1n) is 23.7. The first-order chi connectivity index (χ1) is 30.4. The van der Waals surface area contributed by atoms with Crippen LogP contribution in [0.2, 0.25) is 0 Å². The van der Waals surface area contributed by atoms with E-state index in [0.29, 0.717) is 36.5 Å². The Labute approximate surface area is 374 Å². The van der Waals surface area contributed by atoms with Gasteiger partial charge in [0.25, 0.3) is 0 Å². The zero-order valence-corrected chi connectivity index (χ0v) is 37.7. The van der Waals surface area contributed by atoms with E-state index in [1.165, 1.54) is 0 Å². The molecular weight excluding hydrogens is 844 g/mol. The van der Waals surface area contributed by atoms with Crippen molar-refractivity contribution in [3.05, 3.63) is 0 Å². The van der Waals surface area contributed by atoms with E-state index >= 15 is 0 Å². The van der Waals surface area contributed by atoms with Crippen molar-refractivity contribution in [1.82, 2.24) is 0 Å². The zero-order chi connectivity index (χ0) is 46.2. The molecule has 370 valence electrons. The summed E-state index contributed by atoms with van der Waals surface area (Å²) >= 11 is 0. The summed E-state index contributed by atoms with van der Waals surface area (Å²) in [5, 5.41) is 114. The van der Waals surface area contributed by atoms with Gasteiger partial charge in [-0.1, -0.05) is 27.7 Å². The molecule has 0 aromatic rings. The van der Waals surface area contributed by atoms with Gasteiger partial charge in [0.05, 0.1) is 38.6 Å². The van der Waals surface area contributed by atoms with Gasteiger partial charge < -0.3 is 94.1 Å². The molecule has 11 N–H and O–H groups in total. The fraction of sp³-hybridized carbons (Fsp3) is 1.00. The lowest BCUT2D eigenvalue weighted by Crippen LogP contribution is -2.65. The molecule has 19 nitrogen and oxygen atoms in total. The number of aliphatic hydroxyl groups excluding tert-OH is 11. The first-order valence-corrected chi connectivity index (χ1v) is 23.7. The van der Waals surface area contributed by atoms with Crippen molar-refractivity contribution < 1.29 is 94.1 Å². The van der Waals surface area contributed by atoms with Crippen LogP contribution in [0, 0.1) is 52.3 Å². The Balaban J connectivity index is 0.896. The lowest BCUT2D eigenvalue weighted by molar-refractivity contribution is -0.373. The Morgan fingerprint density at radius 1 is 0.625 bits per heavy atom. The second-order valence-electron chi connectivity index (χ2n) is 21.3. The number of ether oxygens (including phenoxy) is 8. The molecule has 0 spiro atoms. The minimum absolute atomic E-state index is 0.0298. The van der Waals surface area contributed by atoms with Gasteiger partial charge in [0.15, 0.2) is 24.7 Å². The van der Waals surface area contributed by atoms with Gasteiger partial charge >= 0.3 is 0 Å². The predicted octanol–water partition coefficient (Wildman–Crippen LogP) is -1.52. The lowest BCUT2D eigenvalue weighted by atomic mass is 9.44. The van der Waals surface area contributed by atoms with Crippen molar-refractivity contribution in [2.45, 2.75) is 196 Å². The highest BCUT2D eigenvalue weighted by Gasteiger charge is 2.69. The largest absolute Gasteiger partial charge is 0.394 e. The van der Waals surface area contributed by atoms with Crippen molar-refractivity contribution in [1.29, 1.82) is 0 Å². The highest BCUT2D eigenvalue weighted by molar-refractivity contribution is 5.15. The molecule has 4 aliphatic carbocycles. The number of hydrogen-bond acceptors (Lipinski definition) is 19. The van der Waals surface area contributed by atoms with Crippen LogP contribution in [0.1, 0.15) is 85.5 Å². The van der Waals surface area contributed by atoms with Gasteiger partial charge in [-0.15, -0.1) is 0 Å². The molecule has 8 rings (SSSR count). The summed E-state index contributed by atoms with van der Waals surface area (Å²) in [6.45, 7) is 7.54. The molecule has 0 radical (unpaired) electrons. The van der Waals surface area contributed by atoms with Crippen LogP contribution in [-0.4, -0.2) is 200 Å². The monoisotopic (exact) mass is 920 g/mol. The third kappa shape index (κ3) is 8.44. The fourth-order valence-electron chi connectivity index (χ4n) is 14.4. The van der Waals surface area contributed by atoms with Gasteiger partial charge in [0.1, 0.15) is 73.2 Å². The van der Waals surface area contributed by atoms with E-state index < -0.39 is 118 Å². The molecule has 7 unspecified atom stereocenters. The van der Waals surface area contributed by atoms with Crippen molar-refractivity contribution in [3.63, 3.8) is 0 Å². The predicted molar refractivity (Wildman–Crippen MR) is 219 cm³/mol. The highest BCUT2D eigenvalue weighted by atomic mass is 16.8. The highest BCUT2D eigenvalue weighted by Crippen LogP contribution is 2.71. The standard InChI is InChI=1S/C45H76O19/c1-19(18-58-40-37(55)34(52)31(49)27(15-46)60-40)14-45(57-5)20(2)30-26(64-45)13-25-23-7-6-21-12-22(8-10-43(21,3)24(23)9-11-44(25,30)4)59-42-39(36(54)33(51)29(17-48)62-42)63-41-38(56)35(53)32(50)28(16-47)61-41/h19-42,46-56H,6-18H2,1-5H3/t19?,20-,21+,22?,23?,24?,25?,26?,27-,28+,29+,30?,31-,32+,33-,34+,35-,36-,37-,38+,39+,40-,41-,42+,43-,44-,45+/m0/s1. The van der Waals surface area contributed by atoms with Crippen LogP contribution < -0.4 is 0 Å². The van der Waals surface area contributed by atoms with Crippen molar-refractivity contribution in [3.8, 4) is 0 Å². The molecular formula is C45H76O19. The molecule has 0 bridgehead atoms. The Bertz CT molecular complexity index is 1560. The second kappa shape index (κ2) is 19.2. The Morgan fingerprint density at radius 2 is 1.20 bits per heavy atom. The summed E-state index contributed by atoms with van der Waals surface area (Å²) in [7, 11) is 1.70. The van der Waals surface area contributed by atoms with Gasteiger partial charge in [-0.05, 0) is 97.7 Å². The van der Waals surface area contributed by atoms with Gasteiger partial charge in [0.2, 0.25) is 0 Å². The maximum Gasteiger partial charge on any atom is 0.187 e. The maximum absolute atomic E-state index is 11.2. The molecule has 64 heavy (non-hydrogen) atoms. The number of aliphatic hydroxyl groups is 11. The molecule has 4 saturated heterocycles. The lowest BCUT2D eigenvalue weighted by Gasteiger charge is -2.61. The molecule has 8 fully saturated rings. The van der Waals surface area contributed by atoms with Gasteiger partial charge in [-0.3, -0.25) is 0 Å². The van der Waals surface area contributed by atoms with Crippen LogP contribution in [0.15, 0.2) is 0 Å². The smallest absolute Gasteiger partial charge is 0.187 e. The van der Waals surface area contributed by atoms with E-state index in [-0.39, 0.29) is 47.4 Å². The number of hydrogen-bond donors (Lipinski definition) is 11. The van der Waals surface area contributed by atoms with E-state index in [4.69, 9.17) is 37.9 Å². The van der Waals surface area contributed by atoms with Crippen LogP contribution in [0.3, 0.4) is 0 Å². The molecule has 8 aliphatic rings. The van der Waals surface area contributed by atoms with E-state index in [9.17, 15) is 56.2 Å². The van der Waals surface area contributed by atoms with Crippen molar-refractivity contribution in [2.75, 3.05) is 33.5 Å². The zero-order valence-electron chi connectivity index (χ0n) is 37.7. The first kappa shape index (κ1) is 49.7. The molecule has 4 saturated carbocycles. The molecule has 19 heteroatoms. The minimum atomic E-state index is -1.75. The normalized spacial score (nSPS) is 55.6. The molecule has 4 heterocycles. The van der Waals surface area contributed by atoms with Crippen LogP contribution in [0.25, 0.3) is 0 Å². The molecule has 0 amide bonds. The Morgan fingerprint density at radius 3 is 1.83 bits per heavy atom. The van der Waals surface area contributed by atoms with E-state index in [0.717, 1.165) is 44.9 Å². The second-order valence-corrected chi connectivity index (χ2v) is 21.3. The van der Waals surface area contributed by atoms with Gasteiger partial charge in [-0.2, -0.15) is 0 Å². The van der Waals surface area contributed by atoms with Crippen LogP contribution >= 0.6 is 0 Å². The average molecular weight is 921 g/mol. The van der Waals surface area contributed by atoms with Crippen LogP contribution in [0.4, 0.5) is 0 Å². The Kier molecular flexibility index (Phi) is 14.9. The van der Waals surface area contributed by atoms with E-state index in [1.54, 1.807) is 7.11 Å². The topological polar surface area (TPSA) is 296 Å². The van der Waals surface area contributed by atoms with Crippen LogP contribution in [0.5, 0.6) is 0 Å². The summed E-state index contributed by atoms with van der Waals surface area (Å²) in [6.07, 6.45) is -13.9. The van der Waals surface area contributed by atoms with Crippen molar-refractivity contribution in [2.24, 2.45) is 52.3 Å². The molecule has 4 aliphatic heterocycles. The quantitative estimate of drug-likeness (QED) is 0.0936. The van der Waals surface area contributed by atoms with E-state index in [1.807, 2.05) is 6.92 Å². The third-order valence-electron chi connectivity index (χ3n) is 17.9. The SMILES string of the molecule is CO[C@]1(CC(C)CO[C@H]2O[C@@H](CO)[C@H](O)[C@@H](O)[C@@H]2O)OC2CC3C4CC[C@@H]5CC(O[C@@H]6O[C@H](CO)[C@H](O)[C@H](O)[C@H]6O[C@@H]6O[C@H](CO)[C@@H](O)[C@H](O)[C@H]6O)CC[C@]5(C)C4CC[C@]3(C)C2[C@@H]1C. The van der Waals surface area contributed by atoms with Gasteiger partial charge in [-0.25, -0.2) is 0 Å². The molecule has 27 atom stereocenters. The fourth-order valence-corrected chi connectivity index (χ4v) is 14.4. The van der Waals surface area contributed by atoms with Gasteiger partial charge in [0, 0.05) is 19.4 Å². The van der Waals surface area contributed by atoms with Crippen molar-refractivity contribution >= 4 is 0 Å². The summed E-state index contributed by atoms with van der Waals surface area (Å²) in [6, 6.07) is 0. The summed E-state index contributed by atoms with van der Waals surface area (Å²) < 4.78 is 48.9. The third-order valence-corrected chi connectivity index (χ3v) is 17.9. The average Bonchev–Trinajstić information content (AvgIpc) is 3.73. The number of fused-ring (bicyclic) bond motifs is 7. The minimum Gasteiger partial charge on any atom is -0.394 e. The molecule has 0 aromatic heterocycles. The number of methoxy groups -OCH3 is 1.